The number of nitrogens with zero attached hydrogens (tertiary/aromatic N) is 1. The summed E-state index contributed by atoms with van der Waals surface area (Å²) in [6, 6.07) is 6.75. The molecule has 0 aliphatic carbocycles. The fourth-order valence-electron chi connectivity index (χ4n) is 2.44. The van der Waals surface area contributed by atoms with E-state index in [0.29, 0.717) is 24.9 Å². The van der Waals surface area contributed by atoms with Gasteiger partial charge >= 0.3 is 0 Å². The summed E-state index contributed by atoms with van der Waals surface area (Å²) in [6.07, 6.45) is 1.29. The molecule has 0 spiro atoms. The molecule has 1 unspecified atom stereocenters. The van der Waals surface area contributed by atoms with Crippen molar-refractivity contribution in [3.63, 3.8) is 0 Å². The number of piperidine rings is 1. The smallest absolute Gasteiger partial charge is 0.243 e. The lowest BCUT2D eigenvalue weighted by atomic mass is 9.97. The standard InChI is InChI=1S/C13H20N2O3S/c1-13(16)7-4-8-15(10-13)19(17,18)12-6-3-2-5-11(12)9-14/h2-3,5-6,16H,4,7-10,14H2,1H3. The van der Waals surface area contributed by atoms with E-state index >= 15 is 0 Å². The van der Waals surface area contributed by atoms with Crippen molar-refractivity contribution in [2.75, 3.05) is 13.1 Å². The largest absolute Gasteiger partial charge is 0.389 e. The van der Waals surface area contributed by atoms with Crippen molar-refractivity contribution >= 4 is 10.0 Å². The Hall–Kier alpha value is -0.950. The predicted molar refractivity (Wildman–Crippen MR) is 73.0 cm³/mol. The minimum atomic E-state index is -3.58. The molecule has 1 fully saturated rings. The van der Waals surface area contributed by atoms with Gasteiger partial charge in [0, 0.05) is 19.6 Å². The Morgan fingerprint density at radius 1 is 1.42 bits per heavy atom. The molecule has 0 bridgehead atoms. The zero-order valence-corrected chi connectivity index (χ0v) is 11.9. The normalized spacial score (nSPS) is 25.4. The number of aliphatic hydroxyl groups is 1. The molecule has 1 aliphatic rings. The number of β-amino-alcohol motifs (C(OH)–C–C–N with tert-alkyl or cyclic N) is 1. The lowest BCUT2D eigenvalue weighted by molar-refractivity contribution is 0.00939. The van der Waals surface area contributed by atoms with Crippen LogP contribution in [0.25, 0.3) is 0 Å². The highest BCUT2D eigenvalue weighted by molar-refractivity contribution is 7.89. The number of hydrogen-bond acceptors (Lipinski definition) is 4. The zero-order valence-electron chi connectivity index (χ0n) is 11.0. The van der Waals surface area contributed by atoms with Crippen LogP contribution in [0.4, 0.5) is 0 Å². The number of nitrogens with two attached hydrogens (primary N) is 1. The molecule has 1 atom stereocenters. The molecule has 1 saturated heterocycles. The molecule has 0 aromatic heterocycles. The maximum absolute atomic E-state index is 12.6. The number of hydrogen-bond donors (Lipinski definition) is 2. The molecule has 3 N–H and O–H groups in total. The van der Waals surface area contributed by atoms with Crippen molar-refractivity contribution in [2.24, 2.45) is 5.73 Å². The summed E-state index contributed by atoms with van der Waals surface area (Å²) in [5.74, 6) is 0. The minimum Gasteiger partial charge on any atom is -0.389 e. The first-order valence-electron chi connectivity index (χ1n) is 6.37. The number of benzene rings is 1. The topological polar surface area (TPSA) is 83.6 Å². The van der Waals surface area contributed by atoms with E-state index in [9.17, 15) is 13.5 Å². The third-order valence-electron chi connectivity index (χ3n) is 3.45. The first-order valence-corrected chi connectivity index (χ1v) is 7.81. The summed E-state index contributed by atoms with van der Waals surface area (Å²) < 4.78 is 26.6. The van der Waals surface area contributed by atoms with Crippen LogP contribution in [0.15, 0.2) is 29.2 Å². The lowest BCUT2D eigenvalue weighted by Gasteiger charge is -2.36. The molecule has 0 saturated carbocycles. The molecule has 106 valence electrons. The quantitative estimate of drug-likeness (QED) is 0.855. The molecule has 0 radical (unpaired) electrons. The van der Waals surface area contributed by atoms with Gasteiger partial charge in [0.2, 0.25) is 10.0 Å². The van der Waals surface area contributed by atoms with Crippen molar-refractivity contribution in [2.45, 2.75) is 36.8 Å². The molecule has 1 aromatic rings. The Bertz CT molecular complexity index is 555. The van der Waals surface area contributed by atoms with Crippen LogP contribution in [-0.4, -0.2) is 36.5 Å². The van der Waals surface area contributed by atoms with E-state index in [1.165, 1.54) is 4.31 Å². The van der Waals surface area contributed by atoms with Gasteiger partial charge in [-0.3, -0.25) is 0 Å². The Balaban J connectivity index is 2.37. The van der Waals surface area contributed by atoms with Crippen LogP contribution in [-0.2, 0) is 16.6 Å². The van der Waals surface area contributed by atoms with E-state index in [0.717, 1.165) is 0 Å². The molecular formula is C13H20N2O3S. The average molecular weight is 284 g/mol. The summed E-state index contributed by atoms with van der Waals surface area (Å²) in [5, 5.41) is 10.1. The summed E-state index contributed by atoms with van der Waals surface area (Å²) in [6.45, 7) is 2.43. The van der Waals surface area contributed by atoms with Gasteiger partial charge in [-0.25, -0.2) is 8.42 Å². The molecule has 2 rings (SSSR count). The Kier molecular flexibility index (Phi) is 3.96. The summed E-state index contributed by atoms with van der Waals surface area (Å²) in [7, 11) is -3.58. The van der Waals surface area contributed by atoms with Crippen LogP contribution in [0, 0.1) is 0 Å². The second-order valence-corrected chi connectivity index (χ2v) is 7.16. The van der Waals surface area contributed by atoms with Gasteiger partial charge in [0.15, 0.2) is 0 Å². The molecule has 5 nitrogen and oxygen atoms in total. The third kappa shape index (κ3) is 2.97. The van der Waals surface area contributed by atoms with Gasteiger partial charge in [-0.2, -0.15) is 4.31 Å². The minimum absolute atomic E-state index is 0.133. The third-order valence-corrected chi connectivity index (χ3v) is 5.40. The van der Waals surface area contributed by atoms with Crippen molar-refractivity contribution in [3.05, 3.63) is 29.8 Å². The second kappa shape index (κ2) is 5.20. The van der Waals surface area contributed by atoms with Crippen molar-refractivity contribution in [1.82, 2.24) is 4.31 Å². The van der Waals surface area contributed by atoms with E-state index in [-0.39, 0.29) is 18.0 Å². The van der Waals surface area contributed by atoms with Gasteiger partial charge in [0.05, 0.1) is 10.5 Å². The fourth-order valence-corrected chi connectivity index (χ4v) is 4.27. The molecular weight excluding hydrogens is 264 g/mol. The van der Waals surface area contributed by atoms with Crippen LogP contribution >= 0.6 is 0 Å². The lowest BCUT2D eigenvalue weighted by Crippen LogP contribution is -2.48. The first-order chi connectivity index (χ1) is 8.87. The summed E-state index contributed by atoms with van der Waals surface area (Å²) in [4.78, 5) is 0.246. The van der Waals surface area contributed by atoms with Crippen LogP contribution in [0.1, 0.15) is 25.3 Å². The Labute approximate surface area is 114 Å². The summed E-state index contributed by atoms with van der Waals surface area (Å²) in [5.41, 5.74) is 5.25. The SMILES string of the molecule is CC1(O)CCCN(S(=O)(=O)c2ccccc2CN)C1. The van der Waals surface area contributed by atoms with Crippen molar-refractivity contribution in [1.29, 1.82) is 0 Å². The molecule has 1 aromatic carbocycles. The van der Waals surface area contributed by atoms with E-state index in [1.54, 1.807) is 31.2 Å². The predicted octanol–water partition coefficient (Wildman–Crippen LogP) is 0.681. The van der Waals surface area contributed by atoms with Gasteiger partial charge in [0.25, 0.3) is 0 Å². The van der Waals surface area contributed by atoms with Crippen molar-refractivity contribution in [3.8, 4) is 0 Å². The Morgan fingerprint density at radius 2 is 2.11 bits per heavy atom. The zero-order chi connectivity index (χ0) is 14.1. The van der Waals surface area contributed by atoms with Crippen LogP contribution < -0.4 is 5.73 Å². The Morgan fingerprint density at radius 3 is 2.74 bits per heavy atom. The molecule has 6 heteroatoms. The monoisotopic (exact) mass is 284 g/mol. The first kappa shape index (κ1) is 14.5. The maximum Gasteiger partial charge on any atom is 0.243 e. The highest BCUT2D eigenvalue weighted by Crippen LogP contribution is 2.27. The van der Waals surface area contributed by atoms with Crippen LogP contribution in [0.5, 0.6) is 0 Å². The van der Waals surface area contributed by atoms with Crippen molar-refractivity contribution < 1.29 is 13.5 Å². The average Bonchev–Trinajstić information content (AvgIpc) is 2.37. The molecule has 0 amide bonds. The van der Waals surface area contributed by atoms with Crippen LogP contribution in [0.2, 0.25) is 0 Å². The molecule has 1 aliphatic heterocycles. The molecule has 19 heavy (non-hydrogen) atoms. The summed E-state index contributed by atoms with van der Waals surface area (Å²) >= 11 is 0. The maximum atomic E-state index is 12.6. The second-order valence-electron chi connectivity index (χ2n) is 5.25. The van der Waals surface area contributed by atoms with E-state index in [2.05, 4.69) is 0 Å². The number of rotatable bonds is 3. The van der Waals surface area contributed by atoms with E-state index in [4.69, 9.17) is 5.73 Å². The van der Waals surface area contributed by atoms with Crippen LogP contribution in [0.3, 0.4) is 0 Å². The number of sulfonamides is 1. The molecule has 1 heterocycles. The van der Waals surface area contributed by atoms with E-state index in [1.807, 2.05) is 0 Å². The highest BCUT2D eigenvalue weighted by Gasteiger charge is 2.36. The highest BCUT2D eigenvalue weighted by atomic mass is 32.2. The van der Waals surface area contributed by atoms with Gasteiger partial charge in [-0.15, -0.1) is 0 Å². The van der Waals surface area contributed by atoms with Gasteiger partial charge in [-0.05, 0) is 31.4 Å². The van der Waals surface area contributed by atoms with Gasteiger partial charge in [0.1, 0.15) is 0 Å². The van der Waals surface area contributed by atoms with Gasteiger partial charge in [-0.1, -0.05) is 18.2 Å². The van der Waals surface area contributed by atoms with E-state index < -0.39 is 15.6 Å². The van der Waals surface area contributed by atoms with Gasteiger partial charge < -0.3 is 10.8 Å². The fraction of sp³-hybridized carbons (Fsp3) is 0.538.